The molecule has 0 fully saturated rings. The predicted molar refractivity (Wildman–Crippen MR) is 112 cm³/mol. The fourth-order valence-electron chi connectivity index (χ4n) is 3.25. The molecule has 0 saturated heterocycles. The number of amides is 1. The van der Waals surface area contributed by atoms with Gasteiger partial charge in [0.2, 0.25) is 0 Å². The highest BCUT2D eigenvalue weighted by Crippen LogP contribution is 2.47. The van der Waals surface area contributed by atoms with Gasteiger partial charge in [-0.1, -0.05) is 6.07 Å². The monoisotopic (exact) mass is 472 g/mol. The molecule has 0 aliphatic carbocycles. The van der Waals surface area contributed by atoms with Crippen molar-refractivity contribution in [2.24, 2.45) is 0 Å². The fourth-order valence-corrected chi connectivity index (χ4v) is 3.25. The van der Waals surface area contributed by atoms with Crippen LogP contribution in [-0.4, -0.2) is 23.1 Å². The van der Waals surface area contributed by atoms with Gasteiger partial charge >= 0.3 is 12.2 Å². The molecule has 3 aromatic rings. The molecule has 2 aromatic carbocycles. The van der Waals surface area contributed by atoms with Crippen LogP contribution in [-0.2, 0) is 6.42 Å². The Morgan fingerprint density at radius 2 is 1.76 bits per heavy atom. The molecule has 11 heteroatoms. The molecule has 2 heterocycles. The van der Waals surface area contributed by atoms with E-state index in [9.17, 15) is 22.4 Å². The van der Waals surface area contributed by atoms with Gasteiger partial charge in [0.1, 0.15) is 11.8 Å². The number of benzene rings is 2. The summed E-state index contributed by atoms with van der Waals surface area (Å²) in [5, 5.41) is 8.98. The molecule has 0 bridgehead atoms. The van der Waals surface area contributed by atoms with Gasteiger partial charge in [-0.05, 0) is 72.5 Å². The third-order valence-electron chi connectivity index (χ3n) is 5.02. The maximum atomic E-state index is 13.4. The molecule has 0 spiro atoms. The molecular weight excluding hydrogens is 456 g/mol. The Labute approximate surface area is 190 Å². The molecule has 1 aliphatic heterocycles. The molecular formula is C23H16F4N4O3. The molecule has 1 amide bonds. The van der Waals surface area contributed by atoms with Crippen molar-refractivity contribution in [3.05, 3.63) is 82.7 Å². The van der Waals surface area contributed by atoms with E-state index in [2.05, 4.69) is 25.3 Å². The number of pyridine rings is 1. The first kappa shape index (κ1) is 22.8. The highest BCUT2D eigenvalue weighted by atomic mass is 19.3. The largest absolute Gasteiger partial charge is 0.507 e. The standard InChI is InChI=1S/C23H16F4N4O3/c1-13-8-17(4-2-15(13)9-14-6-7-29-18(10-14)12-28)30-31-21(32)16-3-5-19-20(11-16)34-23(26,27)22(24,25)33-19/h2-8,10-11,30H,9H2,1H3,(H,31,32). The fraction of sp³-hybridized carbons (Fsp3) is 0.174. The second-order valence-corrected chi connectivity index (χ2v) is 7.46. The van der Waals surface area contributed by atoms with Crippen molar-refractivity contribution in [3.63, 3.8) is 0 Å². The van der Waals surface area contributed by atoms with Crippen molar-refractivity contribution in [2.45, 2.75) is 25.6 Å². The molecule has 2 N–H and O–H groups in total. The van der Waals surface area contributed by atoms with Gasteiger partial charge in [0.05, 0.1) is 5.69 Å². The van der Waals surface area contributed by atoms with Gasteiger partial charge in [-0.2, -0.15) is 22.8 Å². The summed E-state index contributed by atoms with van der Waals surface area (Å²) in [6.45, 7) is 1.88. The number of ether oxygens (including phenoxy) is 2. The Morgan fingerprint density at radius 3 is 2.47 bits per heavy atom. The molecule has 34 heavy (non-hydrogen) atoms. The SMILES string of the molecule is Cc1cc(NNC(=O)c2ccc3c(c2)OC(F)(F)C(F)(F)O3)ccc1Cc1ccnc(C#N)c1. The summed E-state index contributed by atoms with van der Waals surface area (Å²) in [6, 6.07) is 13.8. The molecule has 1 aromatic heterocycles. The first-order valence-electron chi connectivity index (χ1n) is 9.86. The Hall–Kier alpha value is -4.33. The first-order valence-corrected chi connectivity index (χ1v) is 9.86. The van der Waals surface area contributed by atoms with Crippen LogP contribution < -0.4 is 20.3 Å². The molecule has 4 rings (SSSR count). The van der Waals surface area contributed by atoms with Crippen molar-refractivity contribution >= 4 is 11.6 Å². The lowest BCUT2D eigenvalue weighted by molar-refractivity contribution is -0.391. The van der Waals surface area contributed by atoms with Gasteiger partial charge in [0, 0.05) is 11.8 Å². The maximum absolute atomic E-state index is 13.4. The van der Waals surface area contributed by atoms with Gasteiger partial charge in [-0.3, -0.25) is 15.6 Å². The second-order valence-electron chi connectivity index (χ2n) is 7.46. The van der Waals surface area contributed by atoms with E-state index in [0.29, 0.717) is 17.8 Å². The number of nitriles is 1. The van der Waals surface area contributed by atoms with Gasteiger partial charge in [-0.15, -0.1) is 0 Å². The quantitative estimate of drug-likeness (QED) is 0.417. The van der Waals surface area contributed by atoms with Gasteiger partial charge in [0.25, 0.3) is 5.91 Å². The molecule has 0 radical (unpaired) electrons. The van der Waals surface area contributed by atoms with Crippen LogP contribution in [0.5, 0.6) is 11.5 Å². The summed E-state index contributed by atoms with van der Waals surface area (Å²) in [7, 11) is 0. The zero-order valence-electron chi connectivity index (χ0n) is 17.5. The number of hydrazine groups is 1. The van der Waals surface area contributed by atoms with Crippen LogP contribution in [0.1, 0.15) is 32.7 Å². The Bertz CT molecular complexity index is 1310. The van der Waals surface area contributed by atoms with Crippen LogP contribution in [0.3, 0.4) is 0 Å². The normalized spacial score (nSPS) is 15.2. The van der Waals surface area contributed by atoms with E-state index in [1.165, 1.54) is 0 Å². The summed E-state index contributed by atoms with van der Waals surface area (Å²) in [4.78, 5) is 16.4. The summed E-state index contributed by atoms with van der Waals surface area (Å²) >= 11 is 0. The minimum atomic E-state index is -4.88. The number of nitrogens with one attached hydrogen (secondary N) is 2. The van der Waals surface area contributed by atoms with Crippen LogP contribution in [0.4, 0.5) is 23.2 Å². The lowest BCUT2D eigenvalue weighted by atomic mass is 10.0. The first-order chi connectivity index (χ1) is 16.1. The number of alkyl halides is 4. The third kappa shape index (κ3) is 4.56. The average Bonchev–Trinajstić information content (AvgIpc) is 2.79. The van der Waals surface area contributed by atoms with Crippen LogP contribution in [0, 0.1) is 18.3 Å². The highest BCUT2D eigenvalue weighted by molar-refractivity contribution is 5.95. The van der Waals surface area contributed by atoms with E-state index < -0.39 is 29.6 Å². The predicted octanol–water partition coefficient (Wildman–Crippen LogP) is 4.57. The van der Waals surface area contributed by atoms with Gasteiger partial charge in [0.15, 0.2) is 11.5 Å². The van der Waals surface area contributed by atoms with Gasteiger partial charge in [-0.25, -0.2) is 4.98 Å². The maximum Gasteiger partial charge on any atom is 0.507 e. The van der Waals surface area contributed by atoms with Crippen LogP contribution >= 0.6 is 0 Å². The number of halogens is 4. The molecule has 1 aliphatic rings. The number of nitrogens with zero attached hydrogens (tertiary/aromatic N) is 2. The van der Waals surface area contributed by atoms with E-state index >= 15 is 0 Å². The zero-order valence-corrected chi connectivity index (χ0v) is 17.5. The number of carbonyl (C=O) groups is 1. The number of aryl methyl sites for hydroxylation is 1. The lowest BCUT2D eigenvalue weighted by Crippen LogP contribution is -2.52. The van der Waals surface area contributed by atoms with E-state index in [4.69, 9.17) is 5.26 Å². The smallest absolute Gasteiger partial charge is 0.421 e. The Kier molecular flexibility index (Phi) is 5.75. The van der Waals surface area contributed by atoms with Crippen molar-refractivity contribution in [3.8, 4) is 17.6 Å². The van der Waals surface area contributed by atoms with Gasteiger partial charge < -0.3 is 9.47 Å². The number of aromatic nitrogens is 1. The number of fused-ring (bicyclic) bond motifs is 1. The highest BCUT2D eigenvalue weighted by Gasteiger charge is 2.65. The minimum Gasteiger partial charge on any atom is -0.421 e. The Morgan fingerprint density at radius 1 is 1.03 bits per heavy atom. The number of rotatable bonds is 5. The van der Waals surface area contributed by atoms with E-state index in [0.717, 1.165) is 34.9 Å². The van der Waals surface area contributed by atoms with Crippen molar-refractivity contribution in [2.75, 3.05) is 5.43 Å². The second kappa shape index (κ2) is 8.55. The topological polar surface area (TPSA) is 96.3 Å². The van der Waals surface area contributed by atoms with E-state index in [1.807, 2.05) is 25.1 Å². The zero-order chi connectivity index (χ0) is 24.5. The van der Waals surface area contributed by atoms with Crippen molar-refractivity contribution < 1.29 is 31.8 Å². The molecule has 174 valence electrons. The average molecular weight is 472 g/mol. The Balaban J connectivity index is 1.42. The number of carbonyl (C=O) groups excluding carboxylic acids is 1. The summed E-state index contributed by atoms with van der Waals surface area (Å²) in [6.07, 6.45) is -7.56. The van der Waals surface area contributed by atoms with Crippen molar-refractivity contribution in [1.29, 1.82) is 5.26 Å². The van der Waals surface area contributed by atoms with Crippen LogP contribution in [0.15, 0.2) is 54.7 Å². The van der Waals surface area contributed by atoms with E-state index in [-0.39, 0.29) is 5.56 Å². The summed E-state index contributed by atoms with van der Waals surface area (Å²) in [5.41, 5.74) is 8.71. The lowest BCUT2D eigenvalue weighted by Gasteiger charge is -2.31. The molecule has 0 unspecified atom stereocenters. The minimum absolute atomic E-state index is 0.116. The number of anilines is 1. The summed E-state index contributed by atoms with van der Waals surface area (Å²) < 4.78 is 61.3. The van der Waals surface area contributed by atoms with E-state index in [1.54, 1.807) is 24.4 Å². The molecule has 7 nitrogen and oxygen atoms in total. The molecule has 0 saturated carbocycles. The summed E-state index contributed by atoms with van der Waals surface area (Å²) in [5.74, 6) is -2.00. The number of hydrogen-bond acceptors (Lipinski definition) is 6. The third-order valence-corrected chi connectivity index (χ3v) is 5.02. The van der Waals surface area contributed by atoms with Crippen LogP contribution in [0.25, 0.3) is 0 Å². The van der Waals surface area contributed by atoms with Crippen molar-refractivity contribution in [1.82, 2.24) is 10.4 Å². The molecule has 0 atom stereocenters. The van der Waals surface area contributed by atoms with Crippen LogP contribution in [0.2, 0.25) is 0 Å². The number of hydrogen-bond donors (Lipinski definition) is 2.